The Kier molecular flexibility index (Phi) is 4.31. The van der Waals surface area contributed by atoms with Crippen molar-refractivity contribution in [1.29, 1.82) is 0 Å². The Balaban J connectivity index is 1.93. The first-order valence-electron chi connectivity index (χ1n) is 7.34. The normalized spacial score (nSPS) is 17.8. The van der Waals surface area contributed by atoms with Gasteiger partial charge in [0.05, 0.1) is 5.69 Å². The summed E-state index contributed by atoms with van der Waals surface area (Å²) in [6.07, 6.45) is 3.30. The molecule has 1 aliphatic rings. The first-order valence-corrected chi connectivity index (χ1v) is 8.15. The fourth-order valence-corrected chi connectivity index (χ4v) is 4.00. The Morgan fingerprint density at radius 1 is 1.29 bits per heavy atom. The maximum Gasteiger partial charge on any atom is 0.126 e. The van der Waals surface area contributed by atoms with Crippen molar-refractivity contribution in [3.05, 3.63) is 40.4 Å². The summed E-state index contributed by atoms with van der Waals surface area (Å²) in [5.74, 6) is -0.693. The highest BCUT2D eigenvalue weighted by atomic mass is 32.1. The van der Waals surface area contributed by atoms with E-state index in [1.54, 1.807) is 11.3 Å². The average molecular weight is 308 g/mol. The highest BCUT2D eigenvalue weighted by Gasteiger charge is 2.25. The number of rotatable bonds is 4. The van der Waals surface area contributed by atoms with Gasteiger partial charge >= 0.3 is 0 Å². The predicted molar refractivity (Wildman–Crippen MR) is 81.7 cm³/mol. The Bertz CT molecular complexity index is 619. The first-order chi connectivity index (χ1) is 10.2. The number of nitrogens with one attached hydrogen (secondary N) is 1. The summed E-state index contributed by atoms with van der Waals surface area (Å²) in [7, 11) is 0. The van der Waals surface area contributed by atoms with Gasteiger partial charge in [-0.15, -0.1) is 11.3 Å². The quantitative estimate of drug-likeness (QED) is 0.919. The van der Waals surface area contributed by atoms with Gasteiger partial charge in [-0.3, -0.25) is 0 Å². The number of fused-ring (bicyclic) bond motifs is 1. The molecule has 0 bridgehead atoms. The van der Waals surface area contributed by atoms with Gasteiger partial charge in [0.2, 0.25) is 0 Å². The standard InChI is InChI=1S/C16H18F2N2S/c1-2-19-9-10-4-3-5-14-15(10)20-16(21-14)11-6-12(17)8-13(18)7-11/h6-8,10,19H,2-5,9H2,1H3. The lowest BCUT2D eigenvalue weighted by Gasteiger charge is -2.21. The van der Waals surface area contributed by atoms with Gasteiger partial charge in [-0.1, -0.05) is 6.92 Å². The summed E-state index contributed by atoms with van der Waals surface area (Å²) < 4.78 is 26.7. The zero-order chi connectivity index (χ0) is 14.8. The van der Waals surface area contributed by atoms with Crippen LogP contribution in [0.3, 0.4) is 0 Å². The van der Waals surface area contributed by atoms with Gasteiger partial charge < -0.3 is 5.32 Å². The molecule has 0 aliphatic heterocycles. The van der Waals surface area contributed by atoms with Crippen molar-refractivity contribution in [1.82, 2.24) is 10.3 Å². The van der Waals surface area contributed by atoms with Crippen molar-refractivity contribution < 1.29 is 8.78 Å². The molecule has 3 rings (SSSR count). The largest absolute Gasteiger partial charge is 0.316 e. The van der Waals surface area contributed by atoms with Crippen LogP contribution in [0, 0.1) is 11.6 Å². The number of aryl methyl sites for hydroxylation is 1. The second-order valence-electron chi connectivity index (χ2n) is 5.38. The van der Waals surface area contributed by atoms with E-state index in [0.717, 1.165) is 49.1 Å². The number of likely N-dealkylation sites (N-methyl/N-ethyl adjacent to an activating group) is 1. The lowest BCUT2D eigenvalue weighted by atomic mass is 9.91. The fraction of sp³-hybridized carbons (Fsp3) is 0.438. The maximum absolute atomic E-state index is 13.4. The molecule has 21 heavy (non-hydrogen) atoms. The highest BCUT2D eigenvalue weighted by Crippen LogP contribution is 2.38. The summed E-state index contributed by atoms with van der Waals surface area (Å²) in [6.45, 7) is 3.95. The third-order valence-corrected chi connectivity index (χ3v) is 5.00. The van der Waals surface area contributed by atoms with Crippen LogP contribution in [-0.4, -0.2) is 18.1 Å². The van der Waals surface area contributed by atoms with Crippen LogP contribution in [-0.2, 0) is 6.42 Å². The van der Waals surface area contributed by atoms with Crippen molar-refractivity contribution in [2.24, 2.45) is 0 Å². The van der Waals surface area contributed by atoms with Crippen LogP contribution in [0.2, 0.25) is 0 Å². The lowest BCUT2D eigenvalue weighted by molar-refractivity contribution is 0.509. The van der Waals surface area contributed by atoms with Crippen LogP contribution in [0.4, 0.5) is 8.78 Å². The van der Waals surface area contributed by atoms with Crippen LogP contribution < -0.4 is 5.32 Å². The van der Waals surface area contributed by atoms with E-state index in [4.69, 9.17) is 0 Å². The third kappa shape index (κ3) is 3.14. The second-order valence-corrected chi connectivity index (χ2v) is 6.47. The van der Waals surface area contributed by atoms with Gasteiger partial charge in [-0.25, -0.2) is 13.8 Å². The van der Waals surface area contributed by atoms with Crippen molar-refractivity contribution in [2.45, 2.75) is 32.1 Å². The molecule has 1 N–H and O–H groups in total. The molecule has 1 heterocycles. The number of hydrogen-bond acceptors (Lipinski definition) is 3. The molecule has 0 fully saturated rings. The molecule has 0 amide bonds. The molecule has 2 nitrogen and oxygen atoms in total. The average Bonchev–Trinajstić information content (AvgIpc) is 2.88. The number of benzene rings is 1. The molecular formula is C16H18F2N2S. The van der Waals surface area contributed by atoms with Gasteiger partial charge in [0.1, 0.15) is 16.6 Å². The number of aromatic nitrogens is 1. The summed E-state index contributed by atoms with van der Waals surface area (Å²) in [4.78, 5) is 5.95. The van der Waals surface area contributed by atoms with E-state index in [2.05, 4.69) is 17.2 Å². The molecule has 1 aliphatic carbocycles. The molecule has 5 heteroatoms. The summed E-state index contributed by atoms with van der Waals surface area (Å²) in [5.41, 5.74) is 1.65. The minimum Gasteiger partial charge on any atom is -0.316 e. The molecule has 0 saturated heterocycles. The van der Waals surface area contributed by atoms with Gasteiger partial charge in [0.15, 0.2) is 0 Å². The van der Waals surface area contributed by atoms with Crippen LogP contribution >= 0.6 is 11.3 Å². The lowest BCUT2D eigenvalue weighted by Crippen LogP contribution is -2.23. The predicted octanol–water partition coefficient (Wildman–Crippen LogP) is 4.12. The molecule has 1 atom stereocenters. The SMILES string of the molecule is CCNCC1CCCc2sc(-c3cc(F)cc(F)c3)nc21. The van der Waals surface area contributed by atoms with E-state index in [9.17, 15) is 8.78 Å². The fourth-order valence-electron chi connectivity index (χ4n) is 2.83. The number of halogens is 2. The van der Waals surface area contributed by atoms with E-state index in [-0.39, 0.29) is 0 Å². The molecule has 2 aromatic rings. The van der Waals surface area contributed by atoms with E-state index >= 15 is 0 Å². The number of thiazole rings is 1. The monoisotopic (exact) mass is 308 g/mol. The highest BCUT2D eigenvalue weighted by molar-refractivity contribution is 7.15. The van der Waals surface area contributed by atoms with E-state index in [1.165, 1.54) is 17.0 Å². The van der Waals surface area contributed by atoms with Crippen LogP contribution in [0.5, 0.6) is 0 Å². The summed E-state index contributed by atoms with van der Waals surface area (Å²) in [5, 5.41) is 4.09. The van der Waals surface area contributed by atoms with Crippen LogP contribution in [0.25, 0.3) is 10.6 Å². The van der Waals surface area contributed by atoms with E-state index in [1.807, 2.05) is 0 Å². The Hall–Kier alpha value is -1.33. The van der Waals surface area contributed by atoms with E-state index < -0.39 is 11.6 Å². The second kappa shape index (κ2) is 6.20. The summed E-state index contributed by atoms with van der Waals surface area (Å²) in [6, 6.07) is 3.60. The third-order valence-electron chi connectivity index (χ3n) is 3.82. The van der Waals surface area contributed by atoms with Gasteiger partial charge in [-0.05, 0) is 37.9 Å². The van der Waals surface area contributed by atoms with Crippen molar-refractivity contribution in [3.63, 3.8) is 0 Å². The topological polar surface area (TPSA) is 24.9 Å². The molecule has 0 saturated carbocycles. The van der Waals surface area contributed by atoms with Crippen molar-refractivity contribution in [2.75, 3.05) is 13.1 Å². The zero-order valence-corrected chi connectivity index (χ0v) is 12.8. The molecule has 112 valence electrons. The van der Waals surface area contributed by atoms with Crippen molar-refractivity contribution in [3.8, 4) is 10.6 Å². The van der Waals surface area contributed by atoms with E-state index in [0.29, 0.717) is 11.5 Å². The van der Waals surface area contributed by atoms with Crippen LogP contribution in [0.15, 0.2) is 18.2 Å². The van der Waals surface area contributed by atoms with Gasteiger partial charge in [-0.2, -0.15) is 0 Å². The Morgan fingerprint density at radius 2 is 2.05 bits per heavy atom. The zero-order valence-electron chi connectivity index (χ0n) is 12.0. The maximum atomic E-state index is 13.4. The molecule has 0 radical (unpaired) electrons. The molecule has 1 unspecified atom stereocenters. The minimum atomic E-state index is -0.553. The van der Waals surface area contributed by atoms with Crippen molar-refractivity contribution >= 4 is 11.3 Å². The molecule has 0 spiro atoms. The van der Waals surface area contributed by atoms with Crippen LogP contribution in [0.1, 0.15) is 36.3 Å². The molecule has 1 aromatic carbocycles. The number of hydrogen-bond donors (Lipinski definition) is 1. The Labute approximate surface area is 127 Å². The smallest absolute Gasteiger partial charge is 0.126 e. The van der Waals surface area contributed by atoms with Gasteiger partial charge in [0, 0.05) is 29.0 Å². The van der Waals surface area contributed by atoms with Gasteiger partial charge in [0.25, 0.3) is 0 Å². The Morgan fingerprint density at radius 3 is 2.76 bits per heavy atom. The minimum absolute atomic E-state index is 0.414. The first kappa shape index (κ1) is 14.6. The number of nitrogens with zero attached hydrogens (tertiary/aromatic N) is 1. The molecular weight excluding hydrogens is 290 g/mol. The summed E-state index contributed by atoms with van der Waals surface area (Å²) >= 11 is 1.57. The molecule has 1 aromatic heterocycles.